The van der Waals surface area contributed by atoms with Gasteiger partial charge in [-0.05, 0) is 32.0 Å². The molecule has 0 spiro atoms. The first kappa shape index (κ1) is 16.5. The van der Waals surface area contributed by atoms with E-state index in [1.165, 1.54) is 11.3 Å². The number of para-hydroxylation sites is 1. The number of carbonyl (C=O) groups excluding carboxylic acids is 1. The molecule has 130 valence electrons. The van der Waals surface area contributed by atoms with Crippen molar-refractivity contribution in [1.82, 2.24) is 15.3 Å². The van der Waals surface area contributed by atoms with E-state index >= 15 is 0 Å². The van der Waals surface area contributed by atoms with E-state index in [1.807, 2.05) is 56.3 Å². The summed E-state index contributed by atoms with van der Waals surface area (Å²) in [6, 6.07) is 13.2. The average Bonchev–Trinajstić information content (AvgIpc) is 3.28. The first-order valence-corrected chi connectivity index (χ1v) is 9.17. The SMILES string of the molecule is Cc1c([C@H](C)NC(=O)c2csc(-c3ccccn3)n2)oc2ccccc12. The number of aromatic nitrogens is 2. The molecule has 0 unspecified atom stereocenters. The van der Waals surface area contributed by atoms with Crippen molar-refractivity contribution in [1.29, 1.82) is 0 Å². The van der Waals surface area contributed by atoms with E-state index in [2.05, 4.69) is 15.3 Å². The molecule has 0 bridgehead atoms. The summed E-state index contributed by atoms with van der Waals surface area (Å²) in [6.45, 7) is 3.92. The number of hydrogen-bond acceptors (Lipinski definition) is 5. The Morgan fingerprint density at radius 3 is 2.77 bits per heavy atom. The fourth-order valence-electron chi connectivity index (χ4n) is 2.93. The van der Waals surface area contributed by atoms with Crippen LogP contribution in [0.1, 0.15) is 34.8 Å². The van der Waals surface area contributed by atoms with Gasteiger partial charge in [-0.15, -0.1) is 11.3 Å². The number of pyridine rings is 1. The molecule has 3 heterocycles. The topological polar surface area (TPSA) is 68.0 Å². The van der Waals surface area contributed by atoms with Gasteiger partial charge in [-0.2, -0.15) is 0 Å². The molecular weight excluding hydrogens is 346 g/mol. The molecule has 1 aromatic carbocycles. The zero-order valence-corrected chi connectivity index (χ0v) is 15.2. The summed E-state index contributed by atoms with van der Waals surface area (Å²) in [6.07, 6.45) is 1.71. The number of rotatable bonds is 4. The number of nitrogens with zero attached hydrogens (tertiary/aromatic N) is 2. The highest BCUT2D eigenvalue weighted by atomic mass is 32.1. The number of furan rings is 1. The molecule has 1 N–H and O–H groups in total. The van der Waals surface area contributed by atoms with Crippen LogP contribution in [0.2, 0.25) is 0 Å². The van der Waals surface area contributed by atoms with Gasteiger partial charge in [-0.1, -0.05) is 24.3 Å². The quantitative estimate of drug-likeness (QED) is 0.568. The molecule has 0 aliphatic carbocycles. The van der Waals surface area contributed by atoms with Crippen molar-refractivity contribution in [3.05, 3.63) is 71.1 Å². The van der Waals surface area contributed by atoms with Crippen LogP contribution in [0, 0.1) is 6.92 Å². The second kappa shape index (κ2) is 6.72. The van der Waals surface area contributed by atoms with Crippen LogP contribution in [-0.2, 0) is 0 Å². The summed E-state index contributed by atoms with van der Waals surface area (Å²) in [5.74, 6) is 0.538. The predicted octanol–water partition coefficient (Wildman–Crippen LogP) is 4.75. The molecule has 5 nitrogen and oxygen atoms in total. The van der Waals surface area contributed by atoms with E-state index in [4.69, 9.17) is 4.42 Å². The zero-order valence-electron chi connectivity index (χ0n) is 14.4. The first-order chi connectivity index (χ1) is 12.6. The van der Waals surface area contributed by atoms with Gasteiger partial charge in [0.2, 0.25) is 0 Å². The normalized spacial score (nSPS) is 12.2. The highest BCUT2D eigenvalue weighted by Crippen LogP contribution is 2.29. The van der Waals surface area contributed by atoms with Crippen molar-refractivity contribution in [3.8, 4) is 10.7 Å². The number of benzene rings is 1. The summed E-state index contributed by atoms with van der Waals surface area (Å²) < 4.78 is 5.93. The van der Waals surface area contributed by atoms with Gasteiger partial charge in [0.1, 0.15) is 22.0 Å². The number of thiazole rings is 1. The van der Waals surface area contributed by atoms with E-state index in [9.17, 15) is 4.79 Å². The first-order valence-electron chi connectivity index (χ1n) is 8.29. The van der Waals surface area contributed by atoms with Crippen molar-refractivity contribution in [2.24, 2.45) is 0 Å². The van der Waals surface area contributed by atoms with Crippen LogP contribution in [0.15, 0.2) is 58.5 Å². The molecule has 6 heteroatoms. The lowest BCUT2D eigenvalue weighted by Gasteiger charge is -2.11. The van der Waals surface area contributed by atoms with Gasteiger partial charge >= 0.3 is 0 Å². The molecule has 0 aliphatic rings. The van der Waals surface area contributed by atoms with Crippen LogP contribution in [0.5, 0.6) is 0 Å². The molecule has 4 aromatic rings. The molecule has 1 atom stereocenters. The second-order valence-electron chi connectivity index (χ2n) is 6.04. The van der Waals surface area contributed by atoms with Gasteiger partial charge in [-0.3, -0.25) is 9.78 Å². The minimum absolute atomic E-state index is 0.226. The van der Waals surface area contributed by atoms with E-state index in [0.717, 1.165) is 33.0 Å². The monoisotopic (exact) mass is 363 g/mol. The van der Waals surface area contributed by atoms with Crippen LogP contribution in [-0.4, -0.2) is 15.9 Å². The number of nitrogens with one attached hydrogen (secondary N) is 1. The summed E-state index contributed by atoms with van der Waals surface area (Å²) in [4.78, 5) is 21.2. The summed E-state index contributed by atoms with van der Waals surface area (Å²) in [5.41, 5.74) is 3.02. The van der Waals surface area contributed by atoms with Crippen molar-refractivity contribution >= 4 is 28.2 Å². The molecular formula is C20H17N3O2S. The highest BCUT2D eigenvalue weighted by molar-refractivity contribution is 7.13. The largest absolute Gasteiger partial charge is 0.459 e. The lowest BCUT2D eigenvalue weighted by atomic mass is 10.1. The Kier molecular flexibility index (Phi) is 4.26. The van der Waals surface area contributed by atoms with Gasteiger partial charge in [-0.25, -0.2) is 4.98 Å². The smallest absolute Gasteiger partial charge is 0.271 e. The van der Waals surface area contributed by atoms with E-state index < -0.39 is 0 Å². The summed E-state index contributed by atoms with van der Waals surface area (Å²) >= 11 is 1.40. The van der Waals surface area contributed by atoms with E-state index in [1.54, 1.807) is 11.6 Å². The molecule has 26 heavy (non-hydrogen) atoms. The molecule has 3 aromatic heterocycles. The lowest BCUT2D eigenvalue weighted by Crippen LogP contribution is -2.27. The van der Waals surface area contributed by atoms with Crippen LogP contribution in [0.4, 0.5) is 0 Å². The van der Waals surface area contributed by atoms with Gasteiger partial charge in [0, 0.05) is 22.5 Å². The molecule has 1 amide bonds. The number of aryl methyl sites for hydroxylation is 1. The molecule has 0 fully saturated rings. The van der Waals surface area contributed by atoms with Crippen LogP contribution in [0.25, 0.3) is 21.7 Å². The van der Waals surface area contributed by atoms with E-state index in [0.29, 0.717) is 5.69 Å². The number of hydrogen-bond donors (Lipinski definition) is 1. The minimum atomic E-state index is -0.255. The van der Waals surface area contributed by atoms with Crippen molar-refractivity contribution in [2.45, 2.75) is 19.9 Å². The molecule has 0 saturated carbocycles. The molecule has 0 aliphatic heterocycles. The highest BCUT2D eigenvalue weighted by Gasteiger charge is 2.20. The Labute approximate surface area is 154 Å². The van der Waals surface area contributed by atoms with Crippen molar-refractivity contribution in [3.63, 3.8) is 0 Å². The van der Waals surface area contributed by atoms with Gasteiger partial charge in [0.05, 0.1) is 11.7 Å². The second-order valence-corrected chi connectivity index (χ2v) is 6.89. The van der Waals surface area contributed by atoms with Gasteiger partial charge in [0.15, 0.2) is 0 Å². The third-order valence-electron chi connectivity index (χ3n) is 4.24. The Morgan fingerprint density at radius 1 is 1.19 bits per heavy atom. The third-order valence-corrected chi connectivity index (χ3v) is 5.11. The molecule has 0 radical (unpaired) electrons. The standard InChI is InChI=1S/C20H17N3O2S/c1-12-14-7-3-4-9-17(14)25-18(12)13(2)22-19(24)16-11-26-20(23-16)15-8-5-6-10-21-15/h3-11,13H,1-2H3,(H,22,24)/t13-/m0/s1. The maximum atomic E-state index is 12.6. The fourth-order valence-corrected chi connectivity index (χ4v) is 3.70. The summed E-state index contributed by atoms with van der Waals surface area (Å²) in [5, 5.41) is 6.51. The van der Waals surface area contributed by atoms with Crippen molar-refractivity contribution in [2.75, 3.05) is 0 Å². The fraction of sp³-hybridized carbons (Fsp3) is 0.150. The van der Waals surface area contributed by atoms with Crippen LogP contribution < -0.4 is 5.32 Å². The number of amides is 1. The predicted molar refractivity (Wildman–Crippen MR) is 102 cm³/mol. The average molecular weight is 363 g/mol. The van der Waals surface area contributed by atoms with Crippen LogP contribution in [0.3, 0.4) is 0 Å². The Balaban J connectivity index is 1.54. The third kappa shape index (κ3) is 2.99. The Bertz CT molecular complexity index is 1070. The zero-order chi connectivity index (χ0) is 18.1. The van der Waals surface area contributed by atoms with Gasteiger partial charge in [0.25, 0.3) is 5.91 Å². The van der Waals surface area contributed by atoms with Crippen molar-refractivity contribution < 1.29 is 9.21 Å². The maximum absolute atomic E-state index is 12.6. The molecule has 4 rings (SSSR count). The lowest BCUT2D eigenvalue weighted by molar-refractivity contribution is 0.0931. The Hall–Kier alpha value is -2.99. The minimum Gasteiger partial charge on any atom is -0.459 e. The summed E-state index contributed by atoms with van der Waals surface area (Å²) in [7, 11) is 0. The molecule has 0 saturated heterocycles. The number of carbonyl (C=O) groups is 1. The number of fused-ring (bicyclic) bond motifs is 1. The Morgan fingerprint density at radius 2 is 2.00 bits per heavy atom. The maximum Gasteiger partial charge on any atom is 0.271 e. The van der Waals surface area contributed by atoms with E-state index in [-0.39, 0.29) is 11.9 Å². The van der Waals surface area contributed by atoms with Gasteiger partial charge < -0.3 is 9.73 Å². The van der Waals surface area contributed by atoms with Crippen LogP contribution >= 0.6 is 11.3 Å².